The molecule has 2 aromatic rings. The summed E-state index contributed by atoms with van der Waals surface area (Å²) in [6.45, 7) is 3.87. The molecule has 0 bridgehead atoms. The number of halogens is 2. The molecule has 7 heteroatoms. The van der Waals surface area contributed by atoms with Gasteiger partial charge in [0.2, 0.25) is 0 Å². The zero-order valence-corrected chi connectivity index (χ0v) is 20.4. The Kier molecular flexibility index (Phi) is 7.82. The van der Waals surface area contributed by atoms with Gasteiger partial charge in [-0.25, -0.2) is 0 Å². The fourth-order valence-electron chi connectivity index (χ4n) is 4.85. The Labute approximate surface area is 205 Å². The number of rotatable bonds is 2. The Morgan fingerprint density at radius 2 is 1.76 bits per heavy atom. The van der Waals surface area contributed by atoms with E-state index in [4.69, 9.17) is 27.9 Å². The topological polar surface area (TPSA) is 49.9 Å². The molecule has 5 nitrogen and oxygen atoms in total. The maximum absolute atomic E-state index is 13.7. The van der Waals surface area contributed by atoms with Crippen LogP contribution < -0.4 is 4.74 Å². The minimum atomic E-state index is -0.172. The first kappa shape index (κ1) is 23.9. The number of carbonyl (C=O) groups is 2. The largest absolute Gasteiger partial charge is 0.487 e. The third-order valence-electron chi connectivity index (χ3n) is 6.64. The van der Waals surface area contributed by atoms with Crippen LogP contribution in [-0.4, -0.2) is 53.4 Å². The lowest BCUT2D eigenvalue weighted by atomic mass is 9.90. The third kappa shape index (κ3) is 5.30. The van der Waals surface area contributed by atoms with Gasteiger partial charge >= 0.3 is 0 Å². The lowest BCUT2D eigenvalue weighted by molar-refractivity contribution is 0.0259. The molecule has 33 heavy (non-hydrogen) atoms. The molecular formula is C26H30Cl2N2O3. The first-order valence-electron chi connectivity index (χ1n) is 11.8. The SMILES string of the molecule is CCN1CCCCN(C(=O)c2ccc(Cl)c(Cl)c2)[C@@H]2CCCC[C@@H]2Oc2ccccc2C1=O. The Balaban J connectivity index is 1.70. The Bertz CT molecular complexity index is 1010. The summed E-state index contributed by atoms with van der Waals surface area (Å²) in [6, 6.07) is 12.5. The molecule has 1 saturated carbocycles. The predicted octanol–water partition coefficient (Wildman–Crippen LogP) is 6.08. The molecular weight excluding hydrogens is 459 g/mol. The van der Waals surface area contributed by atoms with Crippen LogP contribution in [0.25, 0.3) is 0 Å². The van der Waals surface area contributed by atoms with Gasteiger partial charge in [0.1, 0.15) is 11.9 Å². The van der Waals surface area contributed by atoms with Crippen molar-refractivity contribution in [2.75, 3.05) is 19.6 Å². The standard InChI is InChI=1S/C26H30Cl2N2O3/c1-2-29-15-7-8-16-30(25(31)18-13-14-20(27)21(28)17-18)22-10-4-6-12-24(22)33-23-11-5-3-9-19(23)26(29)32/h3,5,9,11,13-14,17,22,24H,2,4,6-8,10,12,15-16H2,1H3/t22-,24+/m1/s1. The van der Waals surface area contributed by atoms with Gasteiger partial charge in [-0.2, -0.15) is 0 Å². The number of para-hydroxylation sites is 1. The van der Waals surface area contributed by atoms with Gasteiger partial charge in [0, 0.05) is 25.2 Å². The second-order valence-corrected chi connectivity index (χ2v) is 9.54. The lowest BCUT2D eigenvalue weighted by Gasteiger charge is -2.40. The monoisotopic (exact) mass is 488 g/mol. The van der Waals surface area contributed by atoms with Crippen LogP contribution in [-0.2, 0) is 0 Å². The van der Waals surface area contributed by atoms with Crippen molar-refractivity contribution in [2.45, 2.75) is 57.6 Å². The Morgan fingerprint density at radius 1 is 1.00 bits per heavy atom. The lowest BCUT2D eigenvalue weighted by Crippen LogP contribution is -2.51. The smallest absolute Gasteiger partial charge is 0.257 e. The van der Waals surface area contributed by atoms with Gasteiger partial charge in [-0.1, -0.05) is 41.8 Å². The average molecular weight is 489 g/mol. The van der Waals surface area contributed by atoms with Crippen LogP contribution in [0.3, 0.4) is 0 Å². The maximum atomic E-state index is 13.7. The second kappa shape index (κ2) is 10.8. The van der Waals surface area contributed by atoms with Crippen LogP contribution in [0.1, 0.15) is 66.2 Å². The Hall–Kier alpha value is -2.24. The highest BCUT2D eigenvalue weighted by molar-refractivity contribution is 6.42. The number of fused-ring (bicyclic) bond motifs is 2. The summed E-state index contributed by atoms with van der Waals surface area (Å²) in [5, 5.41) is 0.807. The van der Waals surface area contributed by atoms with Crippen LogP contribution in [0.2, 0.25) is 10.0 Å². The van der Waals surface area contributed by atoms with Crippen molar-refractivity contribution < 1.29 is 14.3 Å². The van der Waals surface area contributed by atoms with Crippen molar-refractivity contribution >= 4 is 35.0 Å². The van der Waals surface area contributed by atoms with Crippen molar-refractivity contribution in [3.05, 3.63) is 63.6 Å². The molecule has 1 heterocycles. The zero-order chi connectivity index (χ0) is 23.4. The highest BCUT2D eigenvalue weighted by Crippen LogP contribution is 2.32. The molecule has 0 spiro atoms. The number of carbonyl (C=O) groups excluding carboxylic acids is 2. The Morgan fingerprint density at radius 3 is 2.55 bits per heavy atom. The van der Waals surface area contributed by atoms with Gasteiger partial charge in [0.05, 0.1) is 21.7 Å². The van der Waals surface area contributed by atoms with E-state index < -0.39 is 0 Å². The molecule has 0 saturated heterocycles. The minimum absolute atomic E-state index is 0.00442. The fraction of sp³-hybridized carbons (Fsp3) is 0.462. The number of nitrogens with zero attached hydrogens (tertiary/aromatic N) is 2. The first-order valence-corrected chi connectivity index (χ1v) is 12.6. The van der Waals surface area contributed by atoms with Gasteiger partial charge in [-0.3, -0.25) is 9.59 Å². The summed E-state index contributed by atoms with van der Waals surface area (Å²) >= 11 is 12.3. The molecule has 1 fully saturated rings. The zero-order valence-electron chi connectivity index (χ0n) is 18.9. The normalized spacial score (nSPS) is 21.8. The van der Waals surface area contributed by atoms with Gasteiger partial charge < -0.3 is 14.5 Å². The molecule has 176 valence electrons. The summed E-state index contributed by atoms with van der Waals surface area (Å²) in [5.41, 5.74) is 1.12. The van der Waals surface area contributed by atoms with Gasteiger partial charge in [-0.15, -0.1) is 0 Å². The van der Waals surface area contributed by atoms with Crippen molar-refractivity contribution in [3.63, 3.8) is 0 Å². The van der Waals surface area contributed by atoms with Crippen molar-refractivity contribution in [2.24, 2.45) is 0 Å². The molecule has 4 rings (SSSR count). The third-order valence-corrected chi connectivity index (χ3v) is 7.38. The van der Waals surface area contributed by atoms with E-state index in [1.165, 1.54) is 0 Å². The summed E-state index contributed by atoms with van der Waals surface area (Å²) < 4.78 is 6.51. The van der Waals surface area contributed by atoms with E-state index in [1.807, 2.05) is 41.0 Å². The van der Waals surface area contributed by atoms with Crippen LogP contribution in [0.15, 0.2) is 42.5 Å². The molecule has 2 aliphatic rings. The van der Waals surface area contributed by atoms with Crippen molar-refractivity contribution in [3.8, 4) is 5.75 Å². The predicted molar refractivity (Wildman–Crippen MR) is 131 cm³/mol. The molecule has 2 amide bonds. The van der Waals surface area contributed by atoms with E-state index >= 15 is 0 Å². The van der Waals surface area contributed by atoms with Crippen molar-refractivity contribution in [1.82, 2.24) is 9.80 Å². The van der Waals surface area contributed by atoms with Gasteiger partial charge in [-0.05, 0) is 69.4 Å². The van der Waals surface area contributed by atoms with Crippen LogP contribution in [0.5, 0.6) is 5.75 Å². The minimum Gasteiger partial charge on any atom is -0.487 e. The number of hydrogen-bond donors (Lipinski definition) is 0. The quantitative estimate of drug-likeness (QED) is 0.514. The van der Waals surface area contributed by atoms with Gasteiger partial charge in [0.15, 0.2) is 0 Å². The first-order chi connectivity index (χ1) is 16.0. The van der Waals surface area contributed by atoms with Gasteiger partial charge in [0.25, 0.3) is 11.8 Å². The molecule has 0 N–H and O–H groups in total. The van der Waals surface area contributed by atoms with E-state index in [9.17, 15) is 9.59 Å². The number of benzene rings is 2. The van der Waals surface area contributed by atoms with E-state index in [0.717, 1.165) is 38.5 Å². The second-order valence-electron chi connectivity index (χ2n) is 8.72. The van der Waals surface area contributed by atoms with Crippen LogP contribution >= 0.6 is 23.2 Å². The van der Waals surface area contributed by atoms with E-state index in [0.29, 0.717) is 46.6 Å². The highest BCUT2D eigenvalue weighted by atomic mass is 35.5. The number of ether oxygens (including phenoxy) is 1. The molecule has 0 unspecified atom stereocenters. The van der Waals surface area contributed by atoms with Crippen LogP contribution in [0.4, 0.5) is 0 Å². The maximum Gasteiger partial charge on any atom is 0.257 e. The summed E-state index contributed by atoms with van der Waals surface area (Å²) in [5.74, 6) is 0.549. The molecule has 1 aliphatic carbocycles. The highest BCUT2D eigenvalue weighted by Gasteiger charge is 2.36. The van der Waals surface area contributed by atoms with E-state index in [1.54, 1.807) is 18.2 Å². The summed E-state index contributed by atoms with van der Waals surface area (Å²) in [7, 11) is 0. The number of amides is 2. The summed E-state index contributed by atoms with van der Waals surface area (Å²) in [4.78, 5) is 30.7. The molecule has 0 aromatic heterocycles. The van der Waals surface area contributed by atoms with Crippen LogP contribution in [0, 0.1) is 0 Å². The summed E-state index contributed by atoms with van der Waals surface area (Å²) in [6.07, 6.45) is 5.25. The molecule has 1 aliphatic heterocycles. The van der Waals surface area contributed by atoms with Crippen molar-refractivity contribution in [1.29, 1.82) is 0 Å². The molecule has 2 aromatic carbocycles. The molecule has 2 atom stereocenters. The molecule has 0 radical (unpaired) electrons. The average Bonchev–Trinajstić information content (AvgIpc) is 2.83. The van der Waals surface area contributed by atoms with E-state index in [2.05, 4.69) is 0 Å². The number of hydrogen-bond acceptors (Lipinski definition) is 3. The fourth-order valence-corrected chi connectivity index (χ4v) is 5.15. The van der Waals surface area contributed by atoms with E-state index in [-0.39, 0.29) is 24.0 Å².